The number of rotatable bonds is 5. The number of aromatic nitrogens is 1. The summed E-state index contributed by atoms with van der Waals surface area (Å²) in [6, 6.07) is 6.05. The molecule has 2 heterocycles. The summed E-state index contributed by atoms with van der Waals surface area (Å²) in [5.74, 6) is 2.04. The van der Waals surface area contributed by atoms with E-state index in [1.807, 2.05) is 18.3 Å². The quantitative estimate of drug-likeness (QED) is 0.339. The Morgan fingerprint density at radius 3 is 2.68 bits per heavy atom. The zero-order chi connectivity index (χ0) is 14.9. The van der Waals surface area contributed by atoms with E-state index in [2.05, 4.69) is 38.1 Å². The highest BCUT2D eigenvalue weighted by Crippen LogP contribution is 2.12. The molecule has 124 valence electrons. The monoisotopic (exact) mass is 419 g/mol. The number of nitrogens with one attached hydrogen (secondary N) is 1. The molecule has 0 bridgehead atoms. The predicted molar refractivity (Wildman–Crippen MR) is 101 cm³/mol. The first-order chi connectivity index (χ1) is 10.3. The van der Waals surface area contributed by atoms with Crippen molar-refractivity contribution < 1.29 is 4.74 Å². The summed E-state index contributed by atoms with van der Waals surface area (Å²) in [6.07, 6.45) is 1.85. The van der Waals surface area contributed by atoms with Gasteiger partial charge in [-0.05, 0) is 19.1 Å². The summed E-state index contributed by atoms with van der Waals surface area (Å²) in [7, 11) is 1.70. The molecule has 1 aromatic rings. The van der Waals surface area contributed by atoms with Gasteiger partial charge in [-0.3, -0.25) is 4.99 Å². The third-order valence-electron chi connectivity index (χ3n) is 3.44. The van der Waals surface area contributed by atoms with Crippen molar-refractivity contribution in [1.82, 2.24) is 15.2 Å². The van der Waals surface area contributed by atoms with Gasteiger partial charge in [-0.25, -0.2) is 4.98 Å². The van der Waals surface area contributed by atoms with Crippen molar-refractivity contribution in [3.05, 3.63) is 24.4 Å². The molecule has 0 amide bonds. The summed E-state index contributed by atoms with van der Waals surface area (Å²) in [6.45, 7) is 8.16. The molecule has 0 radical (unpaired) electrons. The largest absolute Gasteiger partial charge is 0.383 e. The van der Waals surface area contributed by atoms with Gasteiger partial charge in [-0.2, -0.15) is 0 Å². The Hall–Kier alpha value is -1.09. The minimum atomic E-state index is 0. The van der Waals surface area contributed by atoms with Crippen LogP contribution in [0.1, 0.15) is 6.92 Å². The highest BCUT2D eigenvalue weighted by Gasteiger charge is 2.20. The first kappa shape index (κ1) is 19.0. The van der Waals surface area contributed by atoms with E-state index < -0.39 is 0 Å². The number of guanidine groups is 1. The smallest absolute Gasteiger partial charge is 0.194 e. The number of pyridine rings is 1. The summed E-state index contributed by atoms with van der Waals surface area (Å²) in [4.78, 5) is 13.6. The lowest BCUT2D eigenvalue weighted by atomic mass is 10.3. The fourth-order valence-electron chi connectivity index (χ4n) is 2.36. The number of methoxy groups -OCH3 is 1. The molecule has 0 atom stereocenters. The average molecular weight is 419 g/mol. The van der Waals surface area contributed by atoms with Crippen LogP contribution in [-0.4, -0.2) is 68.8 Å². The lowest BCUT2D eigenvalue weighted by Gasteiger charge is -2.37. The number of hydrogen-bond acceptors (Lipinski definition) is 4. The van der Waals surface area contributed by atoms with Crippen LogP contribution < -0.4 is 10.2 Å². The molecule has 0 aliphatic carbocycles. The van der Waals surface area contributed by atoms with E-state index >= 15 is 0 Å². The van der Waals surface area contributed by atoms with Crippen LogP contribution in [0, 0.1) is 0 Å². The van der Waals surface area contributed by atoms with E-state index in [4.69, 9.17) is 4.74 Å². The third kappa shape index (κ3) is 5.60. The Bertz CT molecular complexity index is 435. The maximum absolute atomic E-state index is 5.06. The number of hydrogen-bond donors (Lipinski definition) is 1. The number of nitrogens with zero attached hydrogens (tertiary/aromatic N) is 4. The van der Waals surface area contributed by atoms with Crippen LogP contribution >= 0.6 is 24.0 Å². The number of halogens is 1. The van der Waals surface area contributed by atoms with E-state index in [1.54, 1.807) is 7.11 Å². The molecule has 1 N–H and O–H groups in total. The van der Waals surface area contributed by atoms with Crippen LogP contribution in [0.5, 0.6) is 0 Å². The Morgan fingerprint density at radius 1 is 1.32 bits per heavy atom. The Kier molecular flexibility index (Phi) is 9.14. The average Bonchev–Trinajstić information content (AvgIpc) is 2.55. The molecule has 0 aromatic carbocycles. The highest BCUT2D eigenvalue weighted by molar-refractivity contribution is 14.0. The molecule has 6 nitrogen and oxygen atoms in total. The van der Waals surface area contributed by atoms with Gasteiger partial charge < -0.3 is 19.9 Å². The van der Waals surface area contributed by atoms with Gasteiger partial charge in [0.25, 0.3) is 0 Å². The van der Waals surface area contributed by atoms with Gasteiger partial charge in [0.2, 0.25) is 0 Å². The predicted octanol–water partition coefficient (Wildman–Crippen LogP) is 1.43. The normalized spacial score (nSPS) is 15.5. The summed E-state index contributed by atoms with van der Waals surface area (Å²) in [5.41, 5.74) is 0. The second kappa shape index (κ2) is 10.6. The van der Waals surface area contributed by atoms with Gasteiger partial charge in [0.15, 0.2) is 5.96 Å². The molecule has 1 fully saturated rings. The first-order valence-corrected chi connectivity index (χ1v) is 7.53. The molecule has 0 spiro atoms. The van der Waals surface area contributed by atoms with Crippen LogP contribution in [0.15, 0.2) is 29.4 Å². The van der Waals surface area contributed by atoms with Crippen molar-refractivity contribution in [2.24, 2.45) is 4.99 Å². The van der Waals surface area contributed by atoms with E-state index in [0.29, 0.717) is 13.2 Å². The van der Waals surface area contributed by atoms with Crippen molar-refractivity contribution in [3.63, 3.8) is 0 Å². The molecule has 1 aliphatic heterocycles. The minimum absolute atomic E-state index is 0. The molecule has 7 heteroatoms. The van der Waals surface area contributed by atoms with Gasteiger partial charge in [-0.1, -0.05) is 6.07 Å². The fourth-order valence-corrected chi connectivity index (χ4v) is 2.36. The topological polar surface area (TPSA) is 53.0 Å². The maximum Gasteiger partial charge on any atom is 0.194 e. The van der Waals surface area contributed by atoms with E-state index in [9.17, 15) is 0 Å². The molecule has 1 aromatic heterocycles. The van der Waals surface area contributed by atoms with E-state index in [1.165, 1.54) is 0 Å². The Labute approximate surface area is 150 Å². The maximum atomic E-state index is 5.06. The van der Waals surface area contributed by atoms with Crippen molar-refractivity contribution >= 4 is 35.8 Å². The summed E-state index contributed by atoms with van der Waals surface area (Å²) >= 11 is 0. The molecule has 1 saturated heterocycles. The van der Waals surface area contributed by atoms with Crippen LogP contribution in [0.2, 0.25) is 0 Å². The van der Waals surface area contributed by atoms with Crippen molar-refractivity contribution in [1.29, 1.82) is 0 Å². The number of anilines is 1. The second-order valence-electron chi connectivity index (χ2n) is 4.89. The van der Waals surface area contributed by atoms with Crippen molar-refractivity contribution in [3.8, 4) is 0 Å². The third-order valence-corrected chi connectivity index (χ3v) is 3.44. The van der Waals surface area contributed by atoms with Crippen LogP contribution in [0.4, 0.5) is 5.82 Å². The number of piperazine rings is 1. The Balaban J connectivity index is 0.00000242. The molecule has 0 unspecified atom stereocenters. The molecular formula is C15H26IN5O. The zero-order valence-corrected chi connectivity index (χ0v) is 15.7. The molecule has 22 heavy (non-hydrogen) atoms. The van der Waals surface area contributed by atoms with Gasteiger partial charge in [0, 0.05) is 46.0 Å². The molecule has 2 rings (SSSR count). The summed E-state index contributed by atoms with van der Waals surface area (Å²) < 4.78 is 5.06. The fraction of sp³-hybridized carbons (Fsp3) is 0.600. The minimum Gasteiger partial charge on any atom is -0.383 e. The van der Waals surface area contributed by atoms with Gasteiger partial charge in [-0.15, -0.1) is 24.0 Å². The summed E-state index contributed by atoms with van der Waals surface area (Å²) in [5, 5.41) is 3.35. The molecule has 1 aliphatic rings. The molecule has 0 saturated carbocycles. The van der Waals surface area contributed by atoms with Gasteiger partial charge in [0.1, 0.15) is 5.82 Å². The van der Waals surface area contributed by atoms with Gasteiger partial charge >= 0.3 is 0 Å². The highest BCUT2D eigenvalue weighted by atomic mass is 127. The lowest BCUT2D eigenvalue weighted by molar-refractivity contribution is 0.207. The number of ether oxygens (including phenoxy) is 1. The SMILES string of the molecule is CCNC(=NCCOC)N1CCN(c2ccccn2)CC1.I. The van der Waals surface area contributed by atoms with E-state index in [0.717, 1.165) is 44.5 Å². The Morgan fingerprint density at radius 2 is 2.09 bits per heavy atom. The van der Waals surface area contributed by atoms with Crippen LogP contribution in [0.3, 0.4) is 0 Å². The zero-order valence-electron chi connectivity index (χ0n) is 13.4. The molecular weight excluding hydrogens is 393 g/mol. The van der Waals surface area contributed by atoms with Crippen molar-refractivity contribution in [2.45, 2.75) is 6.92 Å². The lowest BCUT2D eigenvalue weighted by Crippen LogP contribution is -2.52. The van der Waals surface area contributed by atoms with Crippen LogP contribution in [0.25, 0.3) is 0 Å². The van der Waals surface area contributed by atoms with Crippen LogP contribution in [-0.2, 0) is 4.74 Å². The van der Waals surface area contributed by atoms with Gasteiger partial charge in [0.05, 0.1) is 13.2 Å². The standard InChI is InChI=1S/C15H25N5O.HI/c1-3-16-15(18-8-13-21-2)20-11-9-19(10-12-20)14-6-4-5-7-17-14;/h4-7H,3,8-13H2,1-2H3,(H,16,18);1H. The van der Waals surface area contributed by atoms with E-state index in [-0.39, 0.29) is 24.0 Å². The van der Waals surface area contributed by atoms with Crippen molar-refractivity contribution in [2.75, 3.05) is 57.9 Å². The second-order valence-corrected chi connectivity index (χ2v) is 4.89. The number of aliphatic imine (C=N–C) groups is 1. The first-order valence-electron chi connectivity index (χ1n) is 7.53.